The Balaban J connectivity index is 1.33. The zero-order chi connectivity index (χ0) is 26.0. The zero-order valence-electron chi connectivity index (χ0n) is 20.8. The van der Waals surface area contributed by atoms with Crippen LogP contribution in [-0.4, -0.2) is 32.1 Å². The van der Waals surface area contributed by atoms with Crippen molar-refractivity contribution in [1.29, 1.82) is 0 Å². The largest absolute Gasteiger partial charge is 0.481 e. The van der Waals surface area contributed by atoms with Gasteiger partial charge >= 0.3 is 5.97 Å². The number of halogens is 2. The highest BCUT2D eigenvalue weighted by Crippen LogP contribution is 2.46. The molecule has 2 bridgehead atoms. The number of fused-ring (bicyclic) bond motifs is 4. The normalized spacial score (nSPS) is 24.6. The molecule has 4 aliphatic carbocycles. The SMILES string of the molecule is O=C(O)[C@H]1C2CCC(CC2)[C@@H]1Nc1cc(-c2ccc(C3CC3)cc2)nc(-c2c[nH]c3c(F)cc(F)cc23)n1. The minimum atomic E-state index is -0.773. The van der Waals surface area contributed by atoms with Crippen LogP contribution in [-0.2, 0) is 4.79 Å². The molecule has 0 spiro atoms. The fourth-order valence-electron chi connectivity index (χ4n) is 6.66. The molecular weight excluding hydrogens is 486 g/mol. The number of carboxylic acid groups (broad SMARTS) is 1. The molecule has 4 aromatic rings. The summed E-state index contributed by atoms with van der Waals surface area (Å²) >= 11 is 0. The molecule has 38 heavy (non-hydrogen) atoms. The van der Waals surface area contributed by atoms with E-state index in [1.165, 1.54) is 24.5 Å². The van der Waals surface area contributed by atoms with E-state index in [-0.39, 0.29) is 23.4 Å². The monoisotopic (exact) mass is 514 g/mol. The van der Waals surface area contributed by atoms with Gasteiger partial charge in [-0.05, 0) is 67.9 Å². The van der Waals surface area contributed by atoms with Crippen LogP contribution in [0.2, 0.25) is 0 Å². The van der Waals surface area contributed by atoms with Crippen molar-refractivity contribution in [2.24, 2.45) is 17.8 Å². The molecule has 0 saturated heterocycles. The smallest absolute Gasteiger partial charge is 0.308 e. The number of aromatic nitrogens is 3. The van der Waals surface area contributed by atoms with Crippen LogP contribution in [0.5, 0.6) is 0 Å². The maximum atomic E-state index is 14.4. The third-order valence-corrected chi connectivity index (χ3v) is 8.75. The number of carbonyl (C=O) groups is 1. The lowest BCUT2D eigenvalue weighted by Crippen LogP contribution is -2.51. The van der Waals surface area contributed by atoms with E-state index in [0.717, 1.165) is 37.3 Å². The highest BCUT2D eigenvalue weighted by Gasteiger charge is 2.47. The number of nitrogens with one attached hydrogen (secondary N) is 2. The molecule has 8 heteroatoms. The lowest BCUT2D eigenvalue weighted by Gasteiger charge is -2.47. The van der Waals surface area contributed by atoms with Gasteiger partial charge in [-0.25, -0.2) is 18.7 Å². The highest BCUT2D eigenvalue weighted by molar-refractivity contribution is 5.94. The van der Waals surface area contributed by atoms with E-state index >= 15 is 0 Å². The topological polar surface area (TPSA) is 90.9 Å². The molecule has 2 heterocycles. The number of anilines is 1. The van der Waals surface area contributed by atoms with Crippen LogP contribution in [0.3, 0.4) is 0 Å². The first-order valence-corrected chi connectivity index (χ1v) is 13.4. The van der Waals surface area contributed by atoms with Gasteiger partial charge in [0.05, 0.1) is 17.1 Å². The van der Waals surface area contributed by atoms with Crippen molar-refractivity contribution in [1.82, 2.24) is 15.0 Å². The first kappa shape index (κ1) is 23.3. The summed E-state index contributed by atoms with van der Waals surface area (Å²) < 4.78 is 28.6. The van der Waals surface area contributed by atoms with E-state index in [4.69, 9.17) is 9.97 Å². The van der Waals surface area contributed by atoms with Crippen molar-refractivity contribution < 1.29 is 18.7 Å². The number of H-pyrrole nitrogens is 1. The maximum absolute atomic E-state index is 14.4. The summed E-state index contributed by atoms with van der Waals surface area (Å²) in [6, 6.07) is 12.1. The molecule has 4 aliphatic rings. The average Bonchev–Trinajstić information content (AvgIpc) is 3.68. The molecule has 0 unspecified atom stereocenters. The minimum absolute atomic E-state index is 0.158. The van der Waals surface area contributed by atoms with Crippen molar-refractivity contribution in [3.05, 3.63) is 65.9 Å². The number of aliphatic carboxylic acids is 1. The van der Waals surface area contributed by atoms with Gasteiger partial charge in [-0.2, -0.15) is 0 Å². The van der Waals surface area contributed by atoms with Crippen molar-refractivity contribution in [3.8, 4) is 22.6 Å². The van der Waals surface area contributed by atoms with E-state index in [0.29, 0.717) is 34.2 Å². The zero-order valence-corrected chi connectivity index (χ0v) is 20.8. The molecule has 6 nitrogen and oxygen atoms in total. The van der Waals surface area contributed by atoms with Gasteiger partial charge < -0.3 is 15.4 Å². The lowest BCUT2D eigenvalue weighted by molar-refractivity contribution is -0.148. The molecule has 0 aliphatic heterocycles. The number of benzene rings is 2. The van der Waals surface area contributed by atoms with E-state index in [1.54, 1.807) is 6.20 Å². The van der Waals surface area contributed by atoms with Gasteiger partial charge in [-0.15, -0.1) is 0 Å². The predicted octanol–water partition coefficient (Wildman–Crippen LogP) is 6.75. The molecular formula is C30H28F2N4O2. The van der Waals surface area contributed by atoms with Crippen molar-refractivity contribution >= 4 is 22.7 Å². The molecule has 8 rings (SSSR count). The summed E-state index contributed by atoms with van der Waals surface area (Å²) in [4.78, 5) is 24.7. The van der Waals surface area contributed by atoms with Gasteiger partial charge in [0.2, 0.25) is 0 Å². The molecule has 2 aromatic carbocycles. The summed E-state index contributed by atoms with van der Waals surface area (Å²) in [7, 11) is 0. The molecule has 4 saturated carbocycles. The maximum Gasteiger partial charge on any atom is 0.308 e. The summed E-state index contributed by atoms with van der Waals surface area (Å²) in [6.07, 6.45) is 7.91. The molecule has 2 aromatic heterocycles. The number of hydrogen-bond acceptors (Lipinski definition) is 4. The number of rotatable bonds is 6. The number of hydrogen-bond donors (Lipinski definition) is 3. The van der Waals surface area contributed by atoms with Gasteiger partial charge in [0.15, 0.2) is 5.82 Å². The van der Waals surface area contributed by atoms with Gasteiger partial charge in [0, 0.05) is 40.9 Å². The fourth-order valence-corrected chi connectivity index (χ4v) is 6.66. The van der Waals surface area contributed by atoms with Crippen LogP contribution in [0.15, 0.2) is 48.7 Å². The first-order chi connectivity index (χ1) is 18.4. The van der Waals surface area contributed by atoms with Gasteiger partial charge in [-0.1, -0.05) is 24.3 Å². The van der Waals surface area contributed by atoms with E-state index in [1.807, 2.05) is 18.2 Å². The Morgan fingerprint density at radius 1 is 0.947 bits per heavy atom. The van der Waals surface area contributed by atoms with Gasteiger partial charge in [0.25, 0.3) is 0 Å². The fraction of sp³-hybridized carbons (Fsp3) is 0.367. The van der Waals surface area contributed by atoms with Crippen molar-refractivity contribution in [2.75, 3.05) is 5.32 Å². The Kier molecular flexibility index (Phi) is 5.46. The first-order valence-electron chi connectivity index (χ1n) is 13.4. The Morgan fingerprint density at radius 3 is 2.39 bits per heavy atom. The van der Waals surface area contributed by atoms with Crippen LogP contribution in [0, 0.1) is 29.4 Å². The Hall–Kier alpha value is -3.81. The van der Waals surface area contributed by atoms with Gasteiger partial charge in [0.1, 0.15) is 17.5 Å². The van der Waals surface area contributed by atoms with Gasteiger partial charge in [-0.3, -0.25) is 4.79 Å². The minimum Gasteiger partial charge on any atom is -0.481 e. The summed E-state index contributed by atoms with van der Waals surface area (Å²) in [6.45, 7) is 0. The Morgan fingerprint density at radius 2 is 1.68 bits per heavy atom. The molecule has 0 amide bonds. The number of carboxylic acids is 1. The van der Waals surface area contributed by atoms with Crippen LogP contribution in [0.4, 0.5) is 14.6 Å². The number of nitrogens with zero attached hydrogens (tertiary/aromatic N) is 2. The van der Waals surface area contributed by atoms with Crippen LogP contribution in [0.1, 0.15) is 50.0 Å². The predicted molar refractivity (Wildman–Crippen MR) is 141 cm³/mol. The van der Waals surface area contributed by atoms with E-state index in [2.05, 4.69) is 22.4 Å². The van der Waals surface area contributed by atoms with E-state index < -0.39 is 23.5 Å². The van der Waals surface area contributed by atoms with Crippen molar-refractivity contribution in [2.45, 2.75) is 50.5 Å². The lowest BCUT2D eigenvalue weighted by atomic mass is 9.61. The molecule has 4 fully saturated rings. The molecule has 194 valence electrons. The third kappa shape index (κ3) is 4.03. The number of aromatic amines is 1. The quantitative estimate of drug-likeness (QED) is 0.265. The third-order valence-electron chi connectivity index (χ3n) is 8.75. The second-order valence-electron chi connectivity index (χ2n) is 11.1. The van der Waals surface area contributed by atoms with Crippen molar-refractivity contribution in [3.63, 3.8) is 0 Å². The Bertz CT molecular complexity index is 1540. The summed E-state index contributed by atoms with van der Waals surface area (Å²) in [5.74, 6) is -0.715. The molecule has 2 atom stereocenters. The molecule has 0 radical (unpaired) electrons. The highest BCUT2D eigenvalue weighted by atomic mass is 19.1. The summed E-state index contributed by atoms with van der Waals surface area (Å²) in [5, 5.41) is 13.9. The van der Waals surface area contributed by atoms with Crippen LogP contribution >= 0.6 is 0 Å². The van der Waals surface area contributed by atoms with Crippen LogP contribution in [0.25, 0.3) is 33.5 Å². The summed E-state index contributed by atoms with van der Waals surface area (Å²) in [5.41, 5.74) is 3.55. The van der Waals surface area contributed by atoms with Crippen LogP contribution < -0.4 is 5.32 Å². The van der Waals surface area contributed by atoms with E-state index in [9.17, 15) is 18.7 Å². The standard InChI is InChI=1S/C30H28F2N4O2/c31-20-11-21-22(14-33-28(21)23(32)12-20)29-34-24(17-5-3-16(4-6-17)15-1-2-15)13-25(36-29)35-27-19-9-7-18(8-10-19)26(27)30(37)38/h3-6,11-15,18-19,26-27,33H,1-2,7-10H2,(H,37,38)(H,34,35,36)/t18?,19?,26-,27-/m0/s1. The second-order valence-corrected chi connectivity index (χ2v) is 11.1. The average molecular weight is 515 g/mol. The Labute approximate surface area is 218 Å². The second kappa shape index (κ2) is 8.89. The molecule has 3 N–H and O–H groups in total.